The molecule has 0 unspecified atom stereocenters. The lowest BCUT2D eigenvalue weighted by molar-refractivity contribution is 0.150. The van der Waals surface area contributed by atoms with Gasteiger partial charge in [-0.1, -0.05) is 18.2 Å². The number of methoxy groups -OCH3 is 2. The number of benzene rings is 1. The van der Waals surface area contributed by atoms with Crippen molar-refractivity contribution in [3.8, 4) is 23.0 Å². The first-order valence-electron chi connectivity index (χ1n) is 13.6. The largest absolute Gasteiger partial charge is 0.467 e. The predicted molar refractivity (Wildman–Crippen MR) is 156 cm³/mol. The third-order valence-corrected chi connectivity index (χ3v) is 7.59. The van der Waals surface area contributed by atoms with Crippen molar-refractivity contribution in [3.05, 3.63) is 77.9 Å². The molecule has 1 aliphatic rings. The van der Waals surface area contributed by atoms with Crippen molar-refractivity contribution in [2.75, 3.05) is 33.2 Å². The quantitative estimate of drug-likeness (QED) is 0.313. The van der Waals surface area contributed by atoms with Gasteiger partial charge in [-0.25, -0.2) is 19.4 Å². The van der Waals surface area contributed by atoms with E-state index >= 15 is 0 Å². The first kappa shape index (κ1) is 28.2. The van der Waals surface area contributed by atoms with E-state index in [9.17, 15) is 4.79 Å². The van der Waals surface area contributed by atoms with Gasteiger partial charge in [0.05, 0.1) is 24.9 Å². The number of urea groups is 1. The van der Waals surface area contributed by atoms with Crippen molar-refractivity contribution in [1.29, 1.82) is 0 Å². The number of likely N-dealkylation sites (tertiary alicyclic amines) is 1. The first-order valence-corrected chi connectivity index (χ1v) is 13.6. The van der Waals surface area contributed by atoms with Gasteiger partial charge in [-0.05, 0) is 63.6 Å². The van der Waals surface area contributed by atoms with Crippen LogP contribution in [0.2, 0.25) is 0 Å². The van der Waals surface area contributed by atoms with Gasteiger partial charge in [0, 0.05) is 55.2 Å². The summed E-state index contributed by atoms with van der Waals surface area (Å²) in [6.45, 7) is 4.56. The molecule has 1 aromatic carbocycles. The highest BCUT2D eigenvalue weighted by Crippen LogP contribution is 2.37. The summed E-state index contributed by atoms with van der Waals surface area (Å²) in [4.78, 5) is 28.8. The highest BCUT2D eigenvalue weighted by Gasteiger charge is 2.40. The molecule has 11 nitrogen and oxygen atoms in total. The molecule has 41 heavy (non-hydrogen) atoms. The molecule has 2 N–H and O–H groups in total. The van der Waals surface area contributed by atoms with E-state index in [1.807, 2.05) is 56.4 Å². The Hall–Kier alpha value is -4.35. The zero-order chi connectivity index (χ0) is 28.9. The summed E-state index contributed by atoms with van der Waals surface area (Å²) in [7, 11) is 5.35. The van der Waals surface area contributed by atoms with Crippen LogP contribution in [0, 0.1) is 13.8 Å². The number of nitrogens with zero attached hydrogens (tertiary/aromatic N) is 6. The lowest BCUT2D eigenvalue weighted by Crippen LogP contribution is -2.41. The van der Waals surface area contributed by atoms with Crippen molar-refractivity contribution in [2.24, 2.45) is 0 Å². The highest BCUT2D eigenvalue weighted by molar-refractivity contribution is 5.91. The summed E-state index contributed by atoms with van der Waals surface area (Å²) in [6.07, 6.45) is 6.82. The Bertz CT molecular complexity index is 1480. The van der Waals surface area contributed by atoms with Gasteiger partial charge in [-0.2, -0.15) is 5.10 Å². The van der Waals surface area contributed by atoms with Gasteiger partial charge in [0.1, 0.15) is 11.5 Å². The lowest BCUT2D eigenvalue weighted by Gasteiger charge is -2.28. The van der Waals surface area contributed by atoms with Crippen molar-refractivity contribution >= 4 is 11.8 Å². The second-order valence-electron chi connectivity index (χ2n) is 10.2. The van der Waals surface area contributed by atoms with Crippen LogP contribution in [0.15, 0.2) is 61.1 Å². The van der Waals surface area contributed by atoms with Crippen LogP contribution in [-0.2, 0) is 4.74 Å². The minimum absolute atomic E-state index is 0.00329. The van der Waals surface area contributed by atoms with Gasteiger partial charge >= 0.3 is 12.0 Å². The van der Waals surface area contributed by atoms with E-state index in [1.54, 1.807) is 24.2 Å². The number of rotatable bonds is 9. The fourth-order valence-electron chi connectivity index (χ4n) is 5.56. The smallest absolute Gasteiger partial charge is 0.320 e. The Morgan fingerprint density at radius 2 is 1.83 bits per heavy atom. The molecule has 2 amide bonds. The minimum Gasteiger partial charge on any atom is -0.467 e. The average Bonchev–Trinajstić information content (AvgIpc) is 3.47. The summed E-state index contributed by atoms with van der Waals surface area (Å²) >= 11 is 0. The Labute approximate surface area is 239 Å². The zero-order valence-electron chi connectivity index (χ0n) is 24.0. The number of aromatic nitrogens is 5. The summed E-state index contributed by atoms with van der Waals surface area (Å²) in [5.41, 5.74) is 5.05. The number of amides is 2. The Morgan fingerprint density at radius 1 is 1.07 bits per heavy atom. The van der Waals surface area contributed by atoms with Crippen molar-refractivity contribution in [3.63, 3.8) is 0 Å². The molecule has 11 heteroatoms. The van der Waals surface area contributed by atoms with Crippen LogP contribution >= 0.6 is 0 Å². The van der Waals surface area contributed by atoms with E-state index in [0.717, 1.165) is 35.3 Å². The molecule has 1 aliphatic heterocycles. The highest BCUT2D eigenvalue weighted by atomic mass is 16.5. The fraction of sp³-hybridized carbons (Fsp3) is 0.367. The second kappa shape index (κ2) is 12.4. The number of para-hydroxylation sites is 1. The number of ether oxygens (including phenoxy) is 2. The zero-order valence-corrected chi connectivity index (χ0v) is 24.0. The number of hydrogen-bond donors (Lipinski definition) is 2. The molecule has 4 aromatic rings. The molecule has 0 spiro atoms. The van der Waals surface area contributed by atoms with Crippen LogP contribution in [-0.4, -0.2) is 75.6 Å². The fourth-order valence-corrected chi connectivity index (χ4v) is 5.56. The minimum atomic E-state index is -0.302. The van der Waals surface area contributed by atoms with Crippen LogP contribution in [0.4, 0.5) is 10.6 Å². The maximum absolute atomic E-state index is 13.6. The van der Waals surface area contributed by atoms with Gasteiger partial charge in [0.2, 0.25) is 0 Å². The molecule has 3 aromatic heterocycles. The second-order valence-corrected chi connectivity index (χ2v) is 10.2. The standard InChI is InChI=1S/C30H36N8O3/c1-19-15-21(11-13-31-19)27-25(16-24(37(27)3)12-14-40-4)34-29(39)35-28-20(2)26(22-17-32-30(41-5)33-18-22)36-38(28)23-9-7-6-8-10-23/h6-11,13,15,17-18,24-25,27H,12,14,16H2,1-5H3,(H2,34,35,39)/t24-,25-,27+/m1/s1. The lowest BCUT2D eigenvalue weighted by atomic mass is 10.00. The summed E-state index contributed by atoms with van der Waals surface area (Å²) in [5.74, 6) is 0.568. The molecule has 0 radical (unpaired) electrons. The molecule has 0 saturated carbocycles. The predicted octanol–water partition coefficient (Wildman–Crippen LogP) is 4.32. The van der Waals surface area contributed by atoms with Crippen molar-refractivity contribution < 1.29 is 14.3 Å². The van der Waals surface area contributed by atoms with Crippen LogP contribution in [0.25, 0.3) is 16.9 Å². The van der Waals surface area contributed by atoms with E-state index in [-0.39, 0.29) is 30.2 Å². The number of carbonyl (C=O) groups excluding carboxylic acids is 1. The number of likely N-dealkylation sites (N-methyl/N-ethyl adjacent to an activating group) is 1. The van der Waals surface area contributed by atoms with Crippen molar-refractivity contribution in [2.45, 2.75) is 44.8 Å². The Kier molecular flexibility index (Phi) is 8.55. The Morgan fingerprint density at radius 3 is 2.51 bits per heavy atom. The van der Waals surface area contributed by atoms with Gasteiger partial charge in [-0.3, -0.25) is 15.2 Å². The molecule has 1 fully saturated rings. The van der Waals surface area contributed by atoms with Gasteiger partial charge in [0.15, 0.2) is 0 Å². The van der Waals surface area contributed by atoms with E-state index in [1.165, 1.54) is 7.11 Å². The topological polar surface area (TPSA) is 119 Å². The SMILES string of the molecule is COCC[C@@H]1C[C@@H](NC(=O)Nc2c(C)c(-c3cnc(OC)nc3)nn2-c2ccccc2)[C@H](c2ccnc(C)c2)N1C. The molecule has 0 bridgehead atoms. The van der Waals surface area contributed by atoms with E-state index in [0.29, 0.717) is 23.7 Å². The van der Waals surface area contributed by atoms with Gasteiger partial charge < -0.3 is 14.8 Å². The molecule has 214 valence electrons. The van der Waals surface area contributed by atoms with Gasteiger partial charge in [0.25, 0.3) is 0 Å². The number of nitrogens with one attached hydrogen (secondary N) is 2. The number of carbonyl (C=O) groups is 1. The van der Waals surface area contributed by atoms with Crippen LogP contribution in [0.3, 0.4) is 0 Å². The normalized spacial score (nSPS) is 18.8. The summed E-state index contributed by atoms with van der Waals surface area (Å²) in [6, 6.07) is 13.9. The molecule has 5 rings (SSSR count). The summed E-state index contributed by atoms with van der Waals surface area (Å²) in [5, 5.41) is 11.2. The third-order valence-electron chi connectivity index (χ3n) is 7.59. The van der Waals surface area contributed by atoms with Crippen molar-refractivity contribution in [1.82, 2.24) is 34.9 Å². The molecular formula is C30H36N8O3. The molecule has 1 saturated heterocycles. The molecule has 0 aliphatic carbocycles. The number of aryl methyl sites for hydroxylation is 1. The Balaban J connectivity index is 1.44. The van der Waals surface area contributed by atoms with E-state index < -0.39 is 0 Å². The number of pyridine rings is 1. The number of anilines is 1. The third kappa shape index (κ3) is 6.06. The number of hydrogen-bond acceptors (Lipinski definition) is 8. The van der Waals surface area contributed by atoms with E-state index in [2.05, 4.69) is 43.6 Å². The maximum atomic E-state index is 13.6. The summed E-state index contributed by atoms with van der Waals surface area (Å²) < 4.78 is 12.2. The van der Waals surface area contributed by atoms with Crippen LogP contribution in [0.5, 0.6) is 6.01 Å². The van der Waals surface area contributed by atoms with Gasteiger partial charge in [-0.15, -0.1) is 0 Å². The monoisotopic (exact) mass is 556 g/mol. The molecule has 3 atom stereocenters. The van der Waals surface area contributed by atoms with Crippen LogP contribution < -0.4 is 15.4 Å². The average molecular weight is 557 g/mol. The van der Waals surface area contributed by atoms with Crippen LogP contribution in [0.1, 0.15) is 35.7 Å². The molecular weight excluding hydrogens is 520 g/mol. The maximum Gasteiger partial charge on any atom is 0.320 e. The van der Waals surface area contributed by atoms with E-state index in [4.69, 9.17) is 14.6 Å². The first-order chi connectivity index (χ1) is 19.9. The molecule has 4 heterocycles.